The van der Waals surface area contributed by atoms with Crippen molar-refractivity contribution in [2.24, 2.45) is 5.92 Å². The molecule has 3 saturated carbocycles. The van der Waals surface area contributed by atoms with Gasteiger partial charge in [-0.25, -0.2) is 0 Å². The third-order valence-corrected chi connectivity index (χ3v) is 24.0. The number of fused-ring (bicyclic) bond motifs is 23. The van der Waals surface area contributed by atoms with Crippen molar-refractivity contribution in [3.8, 4) is 67.0 Å². The molecule has 0 N–H and O–H groups in total. The van der Waals surface area contributed by atoms with E-state index in [-0.39, 0.29) is 16.2 Å². The predicted molar refractivity (Wildman–Crippen MR) is 373 cm³/mol. The Bertz CT molecular complexity index is 5290. The van der Waals surface area contributed by atoms with Gasteiger partial charge in [0, 0.05) is 49.0 Å². The zero-order valence-corrected chi connectivity index (χ0v) is 50.6. The Morgan fingerprint density at radius 1 is 0.278 bits per heavy atom. The molecule has 2 heterocycles. The minimum atomic E-state index is -0.170. The van der Waals surface area contributed by atoms with E-state index in [1.54, 1.807) is 27.8 Å². The Hall–Kier alpha value is -9.76. The Morgan fingerprint density at radius 3 is 1.31 bits per heavy atom. The van der Waals surface area contributed by atoms with E-state index in [9.17, 15) is 0 Å². The van der Waals surface area contributed by atoms with Crippen molar-refractivity contribution in [2.45, 2.75) is 91.8 Å². The molecule has 6 bridgehead atoms. The van der Waals surface area contributed by atoms with E-state index in [4.69, 9.17) is 0 Å². The van der Waals surface area contributed by atoms with Crippen molar-refractivity contribution in [1.82, 2.24) is 9.13 Å². The van der Waals surface area contributed by atoms with Crippen molar-refractivity contribution in [3.05, 3.63) is 312 Å². The van der Waals surface area contributed by atoms with Crippen LogP contribution in [0.5, 0.6) is 0 Å². The van der Waals surface area contributed by atoms with Gasteiger partial charge >= 0.3 is 0 Å². The second-order valence-electron chi connectivity index (χ2n) is 27.9. The van der Waals surface area contributed by atoms with Gasteiger partial charge in [0.2, 0.25) is 0 Å². The molecule has 6 aliphatic rings. The van der Waals surface area contributed by atoms with Crippen LogP contribution in [0, 0.1) is 5.92 Å². The monoisotopic (exact) mass is 1150 g/mol. The summed E-state index contributed by atoms with van der Waals surface area (Å²) in [7, 11) is 0. The molecule has 12 aromatic carbocycles. The number of para-hydroxylation sites is 2. The molecule has 3 spiro atoms. The molecule has 14 aromatic rings. The van der Waals surface area contributed by atoms with Crippen LogP contribution >= 0.6 is 0 Å². The van der Waals surface area contributed by atoms with E-state index in [1.165, 1.54) is 155 Å². The first-order valence-corrected chi connectivity index (χ1v) is 33.4. The number of benzene rings is 12. The molecule has 7 atom stereocenters. The molecule has 20 rings (SSSR count). The molecule has 0 radical (unpaired) electrons. The van der Waals surface area contributed by atoms with E-state index in [0.29, 0.717) is 23.7 Å². The quantitative estimate of drug-likeness (QED) is 0.166. The van der Waals surface area contributed by atoms with Crippen molar-refractivity contribution in [1.29, 1.82) is 0 Å². The van der Waals surface area contributed by atoms with Gasteiger partial charge in [0.15, 0.2) is 0 Å². The van der Waals surface area contributed by atoms with E-state index in [1.807, 2.05) is 0 Å². The van der Waals surface area contributed by atoms with Crippen molar-refractivity contribution in [3.63, 3.8) is 0 Å². The molecule has 2 nitrogen and oxygen atoms in total. The number of nitrogens with zero attached hydrogens (tertiary/aromatic N) is 2. The number of aromatic nitrogens is 2. The summed E-state index contributed by atoms with van der Waals surface area (Å²) in [5.74, 6) is 1.55. The first kappa shape index (κ1) is 51.2. The lowest BCUT2D eigenvalue weighted by Gasteiger charge is -2.58. The third-order valence-electron chi connectivity index (χ3n) is 24.0. The molecular weight excluding hydrogens is 1080 g/mol. The topological polar surface area (TPSA) is 9.86 Å². The van der Waals surface area contributed by atoms with Crippen molar-refractivity contribution >= 4 is 43.6 Å². The Kier molecular flexibility index (Phi) is 10.9. The maximum atomic E-state index is 2.70. The van der Waals surface area contributed by atoms with Crippen LogP contribution in [0.1, 0.15) is 109 Å². The van der Waals surface area contributed by atoms with Gasteiger partial charge in [0.25, 0.3) is 0 Å². The largest absolute Gasteiger partial charge is 0.309 e. The molecule has 3 fully saturated rings. The van der Waals surface area contributed by atoms with Crippen molar-refractivity contribution in [2.75, 3.05) is 0 Å². The standard InChI is InChI=1S/C88H68N2/c1-3-20-56(21-4-1)57-38-41-80-74(50-57)75-52-59(39-42-81(75)89(80)63-22-5-2-6-23-63)58-40-43-82-73(51-58)71-31-15-18-36-79(71)90(82)83-37-19-35-78-84(83)72-32-12-9-26-66(72)60-44-47-86(78)48-45-61-54-88(77-34-17-14-30-70(77)68-28-11-8-24-64(61)68)55-62-46-49-87(53-60,85(86)88)76-33-16-13-29-69(76)67-27-10-7-25-65(62)67/h1-43,50-52,60-62,85H,44-49,53-55H2. The van der Waals surface area contributed by atoms with Crippen LogP contribution < -0.4 is 0 Å². The van der Waals surface area contributed by atoms with Gasteiger partial charge < -0.3 is 9.13 Å². The predicted octanol–water partition coefficient (Wildman–Crippen LogP) is 22.8. The van der Waals surface area contributed by atoms with E-state index in [2.05, 4.69) is 288 Å². The number of rotatable bonds is 4. The first-order chi connectivity index (χ1) is 44.6. The fourth-order valence-electron chi connectivity index (χ4n) is 20.9. The zero-order valence-electron chi connectivity index (χ0n) is 50.6. The van der Waals surface area contributed by atoms with Crippen LogP contribution in [0.3, 0.4) is 0 Å². The summed E-state index contributed by atoms with van der Waals surface area (Å²) in [5.41, 5.74) is 30.2. The lowest BCUT2D eigenvalue weighted by molar-refractivity contribution is 0.0565. The average Bonchev–Trinajstić information content (AvgIpc) is 1.46. The summed E-state index contributed by atoms with van der Waals surface area (Å²) in [6.45, 7) is 0. The van der Waals surface area contributed by atoms with Gasteiger partial charge in [-0.15, -0.1) is 0 Å². The SMILES string of the molecule is c1ccc(-c2ccc3c(c2)c2cc(-c4ccc5c(c4)c4ccccc4n5-c4cccc5c4-c4ccccc4C4CCC56CCC5CC7(CC8CCC(C4)(c4ccccc4-c4ccccc48)C76)c4ccccc4-c4ccccc45)ccc2n3-c2ccccc2)cc1. The molecule has 90 heavy (non-hydrogen) atoms. The minimum absolute atomic E-state index is 0.129. The zero-order chi connectivity index (χ0) is 58.9. The van der Waals surface area contributed by atoms with E-state index >= 15 is 0 Å². The maximum Gasteiger partial charge on any atom is 0.0543 e. The Morgan fingerprint density at radius 2 is 0.700 bits per heavy atom. The minimum Gasteiger partial charge on any atom is -0.309 e. The second-order valence-corrected chi connectivity index (χ2v) is 27.9. The summed E-state index contributed by atoms with van der Waals surface area (Å²) in [6.07, 6.45) is 10.6. The molecule has 2 aromatic heterocycles. The fraction of sp³-hybridized carbons (Fsp3) is 0.182. The molecule has 0 saturated heterocycles. The van der Waals surface area contributed by atoms with E-state index < -0.39 is 0 Å². The van der Waals surface area contributed by atoms with Crippen LogP contribution in [0.25, 0.3) is 111 Å². The highest BCUT2D eigenvalue weighted by molar-refractivity contribution is 6.14. The number of hydrogen-bond donors (Lipinski definition) is 0. The normalized spacial score (nSPS) is 23.3. The first-order valence-electron chi connectivity index (χ1n) is 33.4. The highest BCUT2D eigenvalue weighted by atomic mass is 15.0. The highest BCUT2D eigenvalue weighted by Gasteiger charge is 2.68. The molecule has 0 aliphatic heterocycles. The van der Waals surface area contributed by atoms with E-state index in [0.717, 1.165) is 19.3 Å². The van der Waals surface area contributed by atoms with Crippen molar-refractivity contribution < 1.29 is 0 Å². The maximum absolute atomic E-state index is 2.70. The summed E-state index contributed by atoms with van der Waals surface area (Å²) in [6, 6.07) is 109. The molecule has 2 heteroatoms. The van der Waals surface area contributed by atoms with Crippen LogP contribution in [0.2, 0.25) is 0 Å². The molecular formula is C88H68N2. The lowest BCUT2D eigenvalue weighted by atomic mass is 9.44. The van der Waals surface area contributed by atoms with Gasteiger partial charge in [-0.3, -0.25) is 0 Å². The summed E-state index contributed by atoms with van der Waals surface area (Å²) in [4.78, 5) is 0. The Balaban J connectivity index is 0.843. The highest BCUT2D eigenvalue weighted by Crippen LogP contribution is 2.75. The number of hydrogen-bond acceptors (Lipinski definition) is 0. The molecule has 7 unspecified atom stereocenters. The van der Waals surface area contributed by atoms with Crippen LogP contribution in [0.15, 0.2) is 279 Å². The summed E-state index contributed by atoms with van der Waals surface area (Å²) in [5, 5.41) is 5.09. The fourth-order valence-corrected chi connectivity index (χ4v) is 20.9. The van der Waals surface area contributed by atoms with Crippen LogP contribution in [-0.4, -0.2) is 9.13 Å². The van der Waals surface area contributed by atoms with Gasteiger partial charge in [0.1, 0.15) is 0 Å². The molecule has 6 aliphatic carbocycles. The van der Waals surface area contributed by atoms with Gasteiger partial charge in [-0.2, -0.15) is 0 Å². The van der Waals surface area contributed by atoms with Gasteiger partial charge in [0.05, 0.1) is 27.8 Å². The summed E-state index contributed by atoms with van der Waals surface area (Å²) >= 11 is 0. The average molecular weight is 1150 g/mol. The summed E-state index contributed by atoms with van der Waals surface area (Å²) < 4.78 is 5.14. The second kappa shape index (κ2) is 19.1. The lowest BCUT2D eigenvalue weighted by Crippen LogP contribution is -2.56. The van der Waals surface area contributed by atoms with Gasteiger partial charge in [-0.1, -0.05) is 218 Å². The smallest absolute Gasteiger partial charge is 0.0543 e. The van der Waals surface area contributed by atoms with Crippen LogP contribution in [0.4, 0.5) is 0 Å². The van der Waals surface area contributed by atoms with Gasteiger partial charge in [-0.05, 0) is 226 Å². The third kappa shape index (κ3) is 7.00. The Labute approximate surface area is 526 Å². The molecule has 0 amide bonds. The molecule has 430 valence electrons. The van der Waals surface area contributed by atoms with Crippen LogP contribution in [-0.2, 0) is 16.2 Å².